The van der Waals surface area contributed by atoms with Crippen LogP contribution in [0.1, 0.15) is 31.4 Å². The van der Waals surface area contributed by atoms with Gasteiger partial charge in [-0.2, -0.15) is 5.10 Å². The zero-order chi connectivity index (χ0) is 21.5. The SMILES string of the molecule is CCN(CC)Cc1ccc(CNC(=O)C2=NN(c3ccccc3)C(C(N)=O)C2)cc1. The summed E-state index contributed by atoms with van der Waals surface area (Å²) in [7, 11) is 0. The highest BCUT2D eigenvalue weighted by Crippen LogP contribution is 2.24. The van der Waals surface area contributed by atoms with Gasteiger partial charge in [-0.05, 0) is 36.3 Å². The molecule has 2 aromatic carbocycles. The van der Waals surface area contributed by atoms with E-state index in [1.54, 1.807) is 0 Å². The molecule has 1 unspecified atom stereocenters. The summed E-state index contributed by atoms with van der Waals surface area (Å²) in [6, 6.07) is 16.8. The van der Waals surface area contributed by atoms with Crippen LogP contribution in [0.2, 0.25) is 0 Å². The van der Waals surface area contributed by atoms with Crippen LogP contribution in [0.25, 0.3) is 0 Å². The lowest BCUT2D eigenvalue weighted by Gasteiger charge is -2.20. The standard InChI is InChI=1S/C23H29N5O2/c1-3-27(4-2)16-18-12-10-17(11-13-18)15-25-23(30)20-14-21(22(24)29)28(26-20)19-8-6-5-7-9-19/h5-13,21H,3-4,14-16H2,1-2H3,(H2,24,29)(H,25,30). The summed E-state index contributed by atoms with van der Waals surface area (Å²) < 4.78 is 0. The van der Waals surface area contributed by atoms with E-state index in [0.717, 1.165) is 30.9 Å². The Morgan fingerprint density at radius 2 is 1.70 bits per heavy atom. The fourth-order valence-corrected chi connectivity index (χ4v) is 3.44. The van der Waals surface area contributed by atoms with Crippen molar-refractivity contribution >= 4 is 23.2 Å². The van der Waals surface area contributed by atoms with E-state index in [2.05, 4.69) is 41.3 Å². The molecular weight excluding hydrogens is 378 g/mol. The van der Waals surface area contributed by atoms with Crippen LogP contribution < -0.4 is 16.1 Å². The molecule has 0 aromatic heterocycles. The molecule has 158 valence electrons. The first kappa shape index (κ1) is 21.5. The minimum Gasteiger partial charge on any atom is -0.368 e. The summed E-state index contributed by atoms with van der Waals surface area (Å²) in [4.78, 5) is 26.8. The molecule has 2 aromatic rings. The summed E-state index contributed by atoms with van der Waals surface area (Å²) in [5.74, 6) is -0.791. The Kier molecular flexibility index (Phi) is 7.19. The van der Waals surface area contributed by atoms with Crippen LogP contribution in [-0.4, -0.2) is 41.6 Å². The lowest BCUT2D eigenvalue weighted by Crippen LogP contribution is -2.39. The van der Waals surface area contributed by atoms with Crippen molar-refractivity contribution in [2.45, 2.75) is 39.4 Å². The van der Waals surface area contributed by atoms with Gasteiger partial charge in [0, 0.05) is 19.5 Å². The number of amides is 2. The molecule has 0 radical (unpaired) electrons. The predicted octanol–water partition coefficient (Wildman–Crippen LogP) is 2.26. The van der Waals surface area contributed by atoms with Crippen LogP contribution >= 0.6 is 0 Å². The van der Waals surface area contributed by atoms with E-state index in [9.17, 15) is 9.59 Å². The Balaban J connectivity index is 1.61. The van der Waals surface area contributed by atoms with Crippen molar-refractivity contribution in [2.24, 2.45) is 10.8 Å². The number of nitrogens with two attached hydrogens (primary N) is 1. The molecule has 0 fully saturated rings. The van der Waals surface area contributed by atoms with E-state index in [1.165, 1.54) is 10.6 Å². The third-order valence-corrected chi connectivity index (χ3v) is 5.30. The number of hydrogen-bond donors (Lipinski definition) is 2. The van der Waals surface area contributed by atoms with Crippen molar-refractivity contribution in [3.63, 3.8) is 0 Å². The molecule has 30 heavy (non-hydrogen) atoms. The van der Waals surface area contributed by atoms with E-state index < -0.39 is 11.9 Å². The molecular formula is C23H29N5O2. The first-order valence-electron chi connectivity index (χ1n) is 10.3. The molecule has 7 heteroatoms. The molecule has 2 amide bonds. The highest BCUT2D eigenvalue weighted by molar-refractivity contribution is 6.40. The molecule has 3 N–H and O–H groups in total. The van der Waals surface area contributed by atoms with Gasteiger partial charge in [0.1, 0.15) is 11.8 Å². The number of nitrogens with zero attached hydrogens (tertiary/aromatic N) is 3. The topological polar surface area (TPSA) is 91.0 Å². The maximum absolute atomic E-state index is 12.6. The maximum Gasteiger partial charge on any atom is 0.267 e. The largest absolute Gasteiger partial charge is 0.368 e. The van der Waals surface area contributed by atoms with Crippen molar-refractivity contribution in [1.29, 1.82) is 0 Å². The third kappa shape index (κ3) is 5.24. The van der Waals surface area contributed by atoms with E-state index in [0.29, 0.717) is 12.3 Å². The number of nitrogens with one attached hydrogen (secondary N) is 1. The summed E-state index contributed by atoms with van der Waals surface area (Å²) in [5, 5.41) is 8.79. The Morgan fingerprint density at radius 3 is 2.30 bits per heavy atom. The molecule has 1 atom stereocenters. The lowest BCUT2D eigenvalue weighted by molar-refractivity contribution is -0.119. The predicted molar refractivity (Wildman–Crippen MR) is 119 cm³/mol. The second-order valence-corrected chi connectivity index (χ2v) is 7.31. The number of anilines is 1. The van der Waals surface area contributed by atoms with Crippen molar-refractivity contribution < 1.29 is 9.59 Å². The number of benzene rings is 2. The van der Waals surface area contributed by atoms with Crippen LogP contribution in [0.5, 0.6) is 0 Å². The van der Waals surface area contributed by atoms with E-state index >= 15 is 0 Å². The minimum atomic E-state index is -0.660. The molecule has 7 nitrogen and oxygen atoms in total. The van der Waals surface area contributed by atoms with Crippen LogP contribution in [0.15, 0.2) is 59.7 Å². The normalized spacial score (nSPS) is 15.9. The van der Waals surface area contributed by atoms with Crippen LogP contribution in [0.3, 0.4) is 0 Å². The molecule has 1 aliphatic rings. The lowest BCUT2D eigenvalue weighted by atomic mass is 10.1. The van der Waals surface area contributed by atoms with Crippen molar-refractivity contribution in [1.82, 2.24) is 10.2 Å². The van der Waals surface area contributed by atoms with Gasteiger partial charge in [0.15, 0.2) is 0 Å². The van der Waals surface area contributed by atoms with Gasteiger partial charge in [-0.3, -0.25) is 19.5 Å². The zero-order valence-electron chi connectivity index (χ0n) is 17.5. The van der Waals surface area contributed by atoms with Crippen molar-refractivity contribution in [2.75, 3.05) is 18.1 Å². The van der Waals surface area contributed by atoms with E-state index in [1.807, 2.05) is 42.5 Å². The second-order valence-electron chi connectivity index (χ2n) is 7.31. The van der Waals surface area contributed by atoms with E-state index in [4.69, 9.17) is 5.73 Å². The Labute approximate surface area is 177 Å². The molecule has 0 bridgehead atoms. The monoisotopic (exact) mass is 407 g/mol. The van der Waals surface area contributed by atoms with E-state index in [-0.39, 0.29) is 12.3 Å². The summed E-state index contributed by atoms with van der Waals surface area (Å²) in [6.07, 6.45) is 0.193. The quantitative estimate of drug-likeness (QED) is 0.667. The van der Waals surface area contributed by atoms with Gasteiger partial charge in [0.2, 0.25) is 5.91 Å². The Morgan fingerprint density at radius 1 is 1.07 bits per heavy atom. The fourth-order valence-electron chi connectivity index (χ4n) is 3.44. The van der Waals surface area contributed by atoms with Gasteiger partial charge in [0.25, 0.3) is 5.91 Å². The number of primary amides is 1. The zero-order valence-corrected chi connectivity index (χ0v) is 17.5. The smallest absolute Gasteiger partial charge is 0.267 e. The fraction of sp³-hybridized carbons (Fsp3) is 0.348. The average Bonchev–Trinajstić information content (AvgIpc) is 3.23. The van der Waals surface area contributed by atoms with Gasteiger partial charge in [-0.1, -0.05) is 56.3 Å². The number of hydrogen-bond acceptors (Lipinski definition) is 5. The van der Waals surface area contributed by atoms with Crippen molar-refractivity contribution in [3.05, 3.63) is 65.7 Å². The second kappa shape index (κ2) is 10.0. The number of carbonyl (C=O) groups excluding carboxylic acids is 2. The molecule has 0 saturated carbocycles. The maximum atomic E-state index is 12.6. The number of rotatable bonds is 9. The third-order valence-electron chi connectivity index (χ3n) is 5.30. The molecule has 0 saturated heterocycles. The number of carbonyl (C=O) groups is 2. The number of hydrazone groups is 1. The van der Waals surface area contributed by atoms with Gasteiger partial charge in [0.05, 0.1) is 5.69 Å². The van der Waals surface area contributed by atoms with Gasteiger partial charge < -0.3 is 11.1 Å². The molecule has 1 heterocycles. The highest BCUT2D eigenvalue weighted by Gasteiger charge is 2.34. The average molecular weight is 408 g/mol. The van der Waals surface area contributed by atoms with Crippen LogP contribution in [-0.2, 0) is 22.7 Å². The van der Waals surface area contributed by atoms with Crippen molar-refractivity contribution in [3.8, 4) is 0 Å². The van der Waals surface area contributed by atoms with Gasteiger partial charge >= 0.3 is 0 Å². The van der Waals surface area contributed by atoms with Crippen LogP contribution in [0.4, 0.5) is 5.69 Å². The van der Waals surface area contributed by atoms with Gasteiger partial charge in [-0.15, -0.1) is 0 Å². The highest BCUT2D eigenvalue weighted by atomic mass is 16.2. The summed E-state index contributed by atoms with van der Waals surface area (Å²) in [6.45, 7) is 7.66. The van der Waals surface area contributed by atoms with Crippen LogP contribution in [0, 0.1) is 0 Å². The molecule has 1 aliphatic heterocycles. The summed E-state index contributed by atoms with van der Waals surface area (Å²) in [5.41, 5.74) is 8.83. The van der Waals surface area contributed by atoms with Gasteiger partial charge in [-0.25, -0.2) is 0 Å². The molecule has 0 aliphatic carbocycles. The molecule has 3 rings (SSSR count). The molecule has 0 spiro atoms. The first-order chi connectivity index (χ1) is 14.5. The first-order valence-corrected chi connectivity index (χ1v) is 10.3. The Hall–Kier alpha value is -3.19. The summed E-state index contributed by atoms with van der Waals surface area (Å²) >= 11 is 0. The minimum absolute atomic E-state index is 0.193. The number of para-hydroxylation sites is 1. The Bertz CT molecular complexity index is 892.